The summed E-state index contributed by atoms with van der Waals surface area (Å²) >= 11 is 0. The number of rotatable bonds is 2. The number of likely N-dealkylation sites (N-methyl/N-ethyl adjacent to an activating group) is 1. The molecule has 0 radical (unpaired) electrons. The van der Waals surface area contributed by atoms with Gasteiger partial charge in [-0.05, 0) is 17.0 Å². The van der Waals surface area contributed by atoms with E-state index in [2.05, 4.69) is 38.1 Å². The third kappa shape index (κ3) is 2.11. The van der Waals surface area contributed by atoms with Gasteiger partial charge in [0.1, 0.15) is 0 Å². The Bertz CT molecular complexity index is 380. The van der Waals surface area contributed by atoms with Crippen LogP contribution in [0.2, 0.25) is 0 Å². The highest BCUT2D eigenvalue weighted by atomic mass is 16.2. The van der Waals surface area contributed by atoms with Crippen molar-refractivity contribution in [2.75, 3.05) is 13.6 Å². The molecule has 1 aliphatic rings. The molecule has 1 amide bonds. The van der Waals surface area contributed by atoms with Crippen LogP contribution in [0.3, 0.4) is 0 Å². The molecule has 1 aromatic carbocycles. The van der Waals surface area contributed by atoms with Crippen LogP contribution in [-0.2, 0) is 4.79 Å². The van der Waals surface area contributed by atoms with E-state index in [0.717, 1.165) is 6.54 Å². The molecule has 1 atom stereocenters. The van der Waals surface area contributed by atoms with Crippen molar-refractivity contribution in [3.05, 3.63) is 35.4 Å². The van der Waals surface area contributed by atoms with Crippen LogP contribution in [0.1, 0.15) is 43.2 Å². The second kappa shape index (κ2) is 4.28. The Hall–Kier alpha value is -1.31. The number of carbonyl (C=O) groups excluding carboxylic acids is 1. The van der Waals surface area contributed by atoms with Gasteiger partial charge in [-0.25, -0.2) is 0 Å². The number of hydrogen-bond acceptors (Lipinski definition) is 1. The molecule has 2 rings (SSSR count). The van der Waals surface area contributed by atoms with E-state index in [-0.39, 0.29) is 5.91 Å². The van der Waals surface area contributed by atoms with E-state index < -0.39 is 0 Å². The summed E-state index contributed by atoms with van der Waals surface area (Å²) in [5.74, 6) is 1.22. The molecule has 0 aromatic heterocycles. The molecule has 1 fully saturated rings. The summed E-state index contributed by atoms with van der Waals surface area (Å²) in [4.78, 5) is 13.3. The zero-order chi connectivity index (χ0) is 11.7. The fraction of sp³-hybridized carbons (Fsp3) is 0.500. The fourth-order valence-electron chi connectivity index (χ4n) is 2.24. The van der Waals surface area contributed by atoms with Crippen LogP contribution in [0.15, 0.2) is 24.3 Å². The Balaban J connectivity index is 2.14. The Kier molecular flexibility index (Phi) is 2.99. The van der Waals surface area contributed by atoms with Gasteiger partial charge in [0, 0.05) is 25.9 Å². The molecule has 0 bridgehead atoms. The zero-order valence-electron chi connectivity index (χ0n) is 10.2. The van der Waals surface area contributed by atoms with E-state index in [1.165, 1.54) is 11.1 Å². The van der Waals surface area contributed by atoms with E-state index in [9.17, 15) is 4.79 Å². The largest absolute Gasteiger partial charge is 0.345 e. The highest BCUT2D eigenvalue weighted by Gasteiger charge is 2.27. The molecule has 1 heterocycles. The number of nitrogens with zero attached hydrogens (tertiary/aromatic N) is 1. The van der Waals surface area contributed by atoms with Gasteiger partial charge in [-0.15, -0.1) is 0 Å². The molecule has 86 valence electrons. The number of benzene rings is 1. The van der Waals surface area contributed by atoms with E-state index in [1.54, 1.807) is 0 Å². The van der Waals surface area contributed by atoms with Crippen molar-refractivity contribution in [1.29, 1.82) is 0 Å². The molecule has 1 aliphatic heterocycles. The number of carbonyl (C=O) groups is 1. The summed E-state index contributed by atoms with van der Waals surface area (Å²) in [5.41, 5.74) is 2.66. The minimum absolute atomic E-state index is 0.262. The monoisotopic (exact) mass is 217 g/mol. The number of hydrogen-bond donors (Lipinski definition) is 0. The van der Waals surface area contributed by atoms with Crippen molar-refractivity contribution in [2.24, 2.45) is 0 Å². The van der Waals surface area contributed by atoms with Crippen LogP contribution in [0.5, 0.6) is 0 Å². The molecule has 2 heteroatoms. The van der Waals surface area contributed by atoms with Crippen LogP contribution in [0.4, 0.5) is 0 Å². The highest BCUT2D eigenvalue weighted by molar-refractivity contribution is 5.79. The average molecular weight is 217 g/mol. The Labute approximate surface area is 97.3 Å². The molecule has 1 saturated heterocycles. The quantitative estimate of drug-likeness (QED) is 0.746. The van der Waals surface area contributed by atoms with Crippen molar-refractivity contribution in [1.82, 2.24) is 4.90 Å². The molecule has 0 aliphatic carbocycles. The molecule has 16 heavy (non-hydrogen) atoms. The summed E-state index contributed by atoms with van der Waals surface area (Å²) in [7, 11) is 1.88. The van der Waals surface area contributed by atoms with Crippen LogP contribution in [-0.4, -0.2) is 24.4 Å². The maximum atomic E-state index is 11.5. The van der Waals surface area contributed by atoms with E-state index in [0.29, 0.717) is 18.3 Å². The molecular weight excluding hydrogens is 198 g/mol. The number of likely N-dealkylation sites (tertiary alicyclic amines) is 1. The first-order valence-corrected chi connectivity index (χ1v) is 5.91. The van der Waals surface area contributed by atoms with Gasteiger partial charge in [-0.2, -0.15) is 0 Å². The van der Waals surface area contributed by atoms with Gasteiger partial charge in [0.05, 0.1) is 0 Å². The van der Waals surface area contributed by atoms with E-state index in [1.807, 2.05) is 11.9 Å². The standard InChI is InChI=1S/C14H19NO/c1-10(2)11-4-6-12(7-5-11)13-8-14(16)15(3)9-13/h4-7,10,13H,8-9H2,1-3H3. The first-order chi connectivity index (χ1) is 7.58. The molecule has 1 aromatic rings. The van der Waals surface area contributed by atoms with Gasteiger partial charge >= 0.3 is 0 Å². The van der Waals surface area contributed by atoms with Crippen molar-refractivity contribution >= 4 is 5.91 Å². The lowest BCUT2D eigenvalue weighted by Crippen LogP contribution is -2.18. The van der Waals surface area contributed by atoms with Crippen LogP contribution in [0, 0.1) is 0 Å². The van der Waals surface area contributed by atoms with Gasteiger partial charge in [0.25, 0.3) is 0 Å². The van der Waals surface area contributed by atoms with Crippen molar-refractivity contribution < 1.29 is 4.79 Å². The smallest absolute Gasteiger partial charge is 0.223 e. The van der Waals surface area contributed by atoms with Gasteiger partial charge in [0.2, 0.25) is 5.91 Å². The maximum absolute atomic E-state index is 11.5. The molecule has 1 unspecified atom stereocenters. The van der Waals surface area contributed by atoms with E-state index >= 15 is 0 Å². The second-order valence-electron chi connectivity index (χ2n) is 5.00. The predicted octanol–water partition coefficient (Wildman–Crippen LogP) is 2.76. The van der Waals surface area contributed by atoms with Crippen molar-refractivity contribution in [2.45, 2.75) is 32.1 Å². The molecule has 0 spiro atoms. The summed E-state index contributed by atoms with van der Waals surface area (Å²) in [6, 6.07) is 8.71. The molecule has 0 N–H and O–H groups in total. The highest BCUT2D eigenvalue weighted by Crippen LogP contribution is 2.28. The summed E-state index contributed by atoms with van der Waals surface area (Å²) in [5, 5.41) is 0. The van der Waals surface area contributed by atoms with E-state index in [4.69, 9.17) is 0 Å². The Morgan fingerprint density at radius 1 is 1.25 bits per heavy atom. The predicted molar refractivity (Wildman–Crippen MR) is 65.5 cm³/mol. The summed E-state index contributed by atoms with van der Waals surface area (Å²) < 4.78 is 0. The number of amides is 1. The van der Waals surface area contributed by atoms with Gasteiger partial charge in [-0.3, -0.25) is 4.79 Å². The minimum Gasteiger partial charge on any atom is -0.345 e. The average Bonchev–Trinajstić information content (AvgIpc) is 2.59. The van der Waals surface area contributed by atoms with Crippen LogP contribution < -0.4 is 0 Å². The van der Waals surface area contributed by atoms with Crippen molar-refractivity contribution in [3.63, 3.8) is 0 Å². The SMILES string of the molecule is CC(C)c1ccc(C2CC(=O)N(C)C2)cc1. The normalized spacial score (nSPS) is 20.9. The van der Waals surface area contributed by atoms with Gasteiger partial charge < -0.3 is 4.90 Å². The Morgan fingerprint density at radius 3 is 2.31 bits per heavy atom. The third-order valence-electron chi connectivity index (χ3n) is 3.42. The molecular formula is C14H19NO. The lowest BCUT2D eigenvalue weighted by molar-refractivity contribution is -0.126. The second-order valence-corrected chi connectivity index (χ2v) is 5.00. The van der Waals surface area contributed by atoms with Crippen LogP contribution in [0.25, 0.3) is 0 Å². The first-order valence-electron chi connectivity index (χ1n) is 5.91. The summed E-state index contributed by atoms with van der Waals surface area (Å²) in [6.07, 6.45) is 0.664. The Morgan fingerprint density at radius 2 is 1.88 bits per heavy atom. The third-order valence-corrected chi connectivity index (χ3v) is 3.42. The van der Waals surface area contributed by atoms with Gasteiger partial charge in [-0.1, -0.05) is 38.1 Å². The lowest BCUT2D eigenvalue weighted by atomic mass is 9.95. The summed E-state index contributed by atoms with van der Waals surface area (Å²) in [6.45, 7) is 5.25. The first kappa shape index (κ1) is 11.2. The molecule has 0 saturated carbocycles. The lowest BCUT2D eigenvalue weighted by Gasteiger charge is -2.12. The van der Waals surface area contributed by atoms with Crippen LogP contribution >= 0.6 is 0 Å². The fourth-order valence-corrected chi connectivity index (χ4v) is 2.24. The molecule has 2 nitrogen and oxygen atoms in total. The van der Waals surface area contributed by atoms with Crippen molar-refractivity contribution in [3.8, 4) is 0 Å². The van der Waals surface area contributed by atoms with Gasteiger partial charge in [0.15, 0.2) is 0 Å². The maximum Gasteiger partial charge on any atom is 0.223 e. The minimum atomic E-state index is 0.262. The zero-order valence-corrected chi connectivity index (χ0v) is 10.2. The topological polar surface area (TPSA) is 20.3 Å².